The predicted molar refractivity (Wildman–Crippen MR) is 47.2 cm³/mol. The monoisotopic (exact) mass is 196 g/mol. The van der Waals surface area contributed by atoms with Gasteiger partial charge in [0.25, 0.3) is 0 Å². The third kappa shape index (κ3) is 2.44. The SMILES string of the molecule is Nc1cc(C(C=O)=CCC(=O)O)on1. The molecule has 0 aromatic carbocycles. The fourth-order valence-electron chi connectivity index (χ4n) is 0.829. The normalized spacial score (nSPS) is 11.3. The second kappa shape index (κ2) is 4.22. The molecule has 6 nitrogen and oxygen atoms in total. The van der Waals surface area contributed by atoms with Crippen LogP contribution in [0, 0.1) is 0 Å². The van der Waals surface area contributed by atoms with Crippen LogP contribution in [0.5, 0.6) is 0 Å². The second-order valence-electron chi connectivity index (χ2n) is 2.49. The van der Waals surface area contributed by atoms with Crippen molar-refractivity contribution in [1.29, 1.82) is 0 Å². The van der Waals surface area contributed by atoms with Crippen LogP contribution < -0.4 is 5.73 Å². The smallest absolute Gasteiger partial charge is 0.307 e. The van der Waals surface area contributed by atoms with Crippen molar-refractivity contribution in [3.63, 3.8) is 0 Å². The van der Waals surface area contributed by atoms with E-state index in [0.717, 1.165) is 0 Å². The van der Waals surface area contributed by atoms with Crippen molar-refractivity contribution in [3.05, 3.63) is 17.9 Å². The maximum atomic E-state index is 10.5. The molecular weight excluding hydrogens is 188 g/mol. The van der Waals surface area contributed by atoms with Gasteiger partial charge >= 0.3 is 5.97 Å². The molecule has 1 rings (SSSR count). The van der Waals surface area contributed by atoms with Crippen LogP contribution in [0.1, 0.15) is 12.2 Å². The van der Waals surface area contributed by atoms with Crippen LogP contribution in [-0.2, 0) is 9.59 Å². The molecule has 0 aliphatic heterocycles. The molecule has 0 atom stereocenters. The first-order valence-electron chi connectivity index (χ1n) is 3.73. The lowest BCUT2D eigenvalue weighted by Gasteiger charge is -1.90. The first kappa shape index (κ1) is 9.97. The molecule has 0 radical (unpaired) electrons. The highest BCUT2D eigenvalue weighted by molar-refractivity contribution is 6.06. The van der Waals surface area contributed by atoms with E-state index in [1.807, 2.05) is 0 Å². The molecule has 1 aromatic rings. The quantitative estimate of drug-likeness (QED) is 0.530. The number of aliphatic carboxylic acids is 1. The molecule has 0 bridgehead atoms. The van der Waals surface area contributed by atoms with Gasteiger partial charge in [-0.2, -0.15) is 0 Å². The Kier molecular flexibility index (Phi) is 3.01. The third-order valence-electron chi connectivity index (χ3n) is 1.44. The fourth-order valence-corrected chi connectivity index (χ4v) is 0.829. The molecule has 0 saturated carbocycles. The van der Waals surface area contributed by atoms with Crippen molar-refractivity contribution in [2.75, 3.05) is 5.73 Å². The number of carboxylic acid groups (broad SMARTS) is 1. The summed E-state index contributed by atoms with van der Waals surface area (Å²) in [6, 6.07) is 1.35. The Morgan fingerprint density at radius 2 is 2.43 bits per heavy atom. The molecular formula is C8H8N2O4. The largest absolute Gasteiger partial charge is 0.481 e. The molecule has 0 aliphatic rings. The van der Waals surface area contributed by atoms with E-state index >= 15 is 0 Å². The molecule has 6 heteroatoms. The van der Waals surface area contributed by atoms with Gasteiger partial charge in [0.15, 0.2) is 17.9 Å². The van der Waals surface area contributed by atoms with E-state index in [9.17, 15) is 9.59 Å². The number of aldehydes is 1. The minimum atomic E-state index is -1.03. The zero-order valence-corrected chi connectivity index (χ0v) is 7.14. The van der Waals surface area contributed by atoms with E-state index in [4.69, 9.17) is 10.8 Å². The maximum Gasteiger partial charge on any atom is 0.307 e. The molecule has 1 heterocycles. The summed E-state index contributed by atoms with van der Waals surface area (Å²) in [5.74, 6) is -0.723. The van der Waals surface area contributed by atoms with Gasteiger partial charge in [-0.15, -0.1) is 0 Å². The van der Waals surface area contributed by atoms with Crippen molar-refractivity contribution in [3.8, 4) is 0 Å². The van der Waals surface area contributed by atoms with Crippen molar-refractivity contribution in [2.45, 2.75) is 6.42 Å². The molecule has 3 N–H and O–H groups in total. The van der Waals surface area contributed by atoms with E-state index in [1.165, 1.54) is 12.1 Å². The molecule has 0 aliphatic carbocycles. The number of carboxylic acids is 1. The molecule has 0 amide bonds. The summed E-state index contributed by atoms with van der Waals surface area (Å²) in [4.78, 5) is 20.8. The molecule has 74 valence electrons. The van der Waals surface area contributed by atoms with Crippen LogP contribution in [-0.4, -0.2) is 22.5 Å². The van der Waals surface area contributed by atoms with Crippen molar-refractivity contribution >= 4 is 23.6 Å². The molecule has 0 spiro atoms. The highest BCUT2D eigenvalue weighted by atomic mass is 16.5. The molecule has 1 aromatic heterocycles. The minimum Gasteiger partial charge on any atom is -0.481 e. The number of nitrogens with zero attached hydrogens (tertiary/aromatic N) is 1. The Labute approximate surface area is 79.0 Å². The van der Waals surface area contributed by atoms with E-state index in [-0.39, 0.29) is 23.6 Å². The van der Waals surface area contributed by atoms with Gasteiger partial charge in [0.2, 0.25) is 0 Å². The number of hydrogen-bond donors (Lipinski definition) is 2. The summed E-state index contributed by atoms with van der Waals surface area (Å²) in [6.45, 7) is 0. The number of rotatable bonds is 4. The van der Waals surface area contributed by atoms with Gasteiger partial charge in [-0.3, -0.25) is 9.59 Å². The van der Waals surface area contributed by atoms with Crippen LogP contribution in [0.3, 0.4) is 0 Å². The summed E-state index contributed by atoms with van der Waals surface area (Å²) in [5, 5.41) is 11.7. The summed E-state index contributed by atoms with van der Waals surface area (Å²) in [7, 11) is 0. The van der Waals surface area contributed by atoms with E-state index in [2.05, 4.69) is 9.68 Å². The van der Waals surface area contributed by atoms with Gasteiger partial charge in [0, 0.05) is 6.07 Å². The van der Waals surface area contributed by atoms with Gasteiger partial charge in [-0.05, 0) is 0 Å². The number of carbonyl (C=O) groups excluding carboxylic acids is 1. The Bertz CT molecular complexity index is 380. The molecule has 0 unspecified atom stereocenters. The van der Waals surface area contributed by atoms with Gasteiger partial charge in [0.1, 0.15) is 0 Å². The predicted octanol–water partition coefficient (Wildman–Crippen LogP) is 0.314. The van der Waals surface area contributed by atoms with Gasteiger partial charge < -0.3 is 15.4 Å². The number of anilines is 1. The standard InChI is InChI=1S/C8H8N2O4/c9-7-3-6(14-10-7)5(4-11)1-2-8(12)13/h1,3-4H,2H2,(H2,9,10)(H,12,13). The summed E-state index contributed by atoms with van der Waals surface area (Å²) >= 11 is 0. The minimum absolute atomic E-state index is 0.122. The van der Waals surface area contributed by atoms with Crippen LogP contribution in [0.4, 0.5) is 5.82 Å². The number of allylic oxidation sites excluding steroid dienone is 1. The zero-order chi connectivity index (χ0) is 10.6. The highest BCUT2D eigenvalue weighted by Gasteiger charge is 2.07. The fraction of sp³-hybridized carbons (Fsp3) is 0.125. The van der Waals surface area contributed by atoms with Crippen LogP contribution in [0.15, 0.2) is 16.7 Å². The number of aromatic nitrogens is 1. The average Bonchev–Trinajstić information content (AvgIpc) is 2.53. The van der Waals surface area contributed by atoms with E-state index < -0.39 is 5.97 Å². The van der Waals surface area contributed by atoms with Crippen molar-refractivity contribution < 1.29 is 19.2 Å². The zero-order valence-electron chi connectivity index (χ0n) is 7.14. The van der Waals surface area contributed by atoms with Gasteiger partial charge in [-0.1, -0.05) is 11.2 Å². The number of hydrogen-bond acceptors (Lipinski definition) is 5. The first-order chi connectivity index (χ1) is 6.63. The van der Waals surface area contributed by atoms with Gasteiger partial charge in [0.05, 0.1) is 12.0 Å². The number of carbonyl (C=O) groups is 2. The van der Waals surface area contributed by atoms with E-state index in [0.29, 0.717) is 6.29 Å². The Balaban J connectivity index is 2.86. The average molecular weight is 196 g/mol. The third-order valence-corrected chi connectivity index (χ3v) is 1.44. The van der Waals surface area contributed by atoms with Crippen molar-refractivity contribution in [2.24, 2.45) is 0 Å². The van der Waals surface area contributed by atoms with E-state index in [1.54, 1.807) is 0 Å². The first-order valence-corrected chi connectivity index (χ1v) is 3.73. The summed E-state index contributed by atoms with van der Waals surface area (Å²) < 4.78 is 4.68. The van der Waals surface area contributed by atoms with Crippen LogP contribution >= 0.6 is 0 Å². The lowest BCUT2D eigenvalue weighted by molar-refractivity contribution is -0.135. The lowest BCUT2D eigenvalue weighted by atomic mass is 10.2. The topological polar surface area (TPSA) is 106 Å². The Morgan fingerprint density at radius 3 is 2.86 bits per heavy atom. The van der Waals surface area contributed by atoms with Crippen LogP contribution in [0.2, 0.25) is 0 Å². The highest BCUT2D eigenvalue weighted by Crippen LogP contribution is 2.14. The molecule has 14 heavy (non-hydrogen) atoms. The Morgan fingerprint density at radius 1 is 1.71 bits per heavy atom. The maximum absolute atomic E-state index is 10.5. The molecule has 0 fully saturated rings. The number of nitrogen functional groups attached to an aromatic ring is 1. The second-order valence-corrected chi connectivity index (χ2v) is 2.49. The summed E-state index contributed by atoms with van der Waals surface area (Å²) in [6.07, 6.45) is 1.47. The Hall–Kier alpha value is -2.11. The summed E-state index contributed by atoms with van der Waals surface area (Å²) in [5.41, 5.74) is 5.38. The van der Waals surface area contributed by atoms with Crippen molar-refractivity contribution in [1.82, 2.24) is 5.16 Å². The molecule has 0 saturated heterocycles. The van der Waals surface area contributed by atoms with Gasteiger partial charge in [-0.25, -0.2) is 0 Å². The van der Waals surface area contributed by atoms with Crippen LogP contribution in [0.25, 0.3) is 5.57 Å². The number of nitrogens with two attached hydrogens (primary N) is 1. The lowest BCUT2D eigenvalue weighted by Crippen LogP contribution is -1.92.